The third-order valence-corrected chi connectivity index (χ3v) is 4.49. The van der Waals surface area contributed by atoms with Crippen molar-refractivity contribution in [1.29, 1.82) is 0 Å². The van der Waals surface area contributed by atoms with Crippen molar-refractivity contribution in [2.24, 2.45) is 0 Å². The fourth-order valence-corrected chi connectivity index (χ4v) is 2.85. The van der Waals surface area contributed by atoms with Gasteiger partial charge in [-0.25, -0.2) is 0 Å². The SMILES string of the molecule is O=C(CCc1ccccc1)NCc1ccc(C(=O)NCc2ccccc2)cc1. The van der Waals surface area contributed by atoms with E-state index >= 15 is 0 Å². The van der Waals surface area contributed by atoms with Gasteiger partial charge in [-0.1, -0.05) is 72.8 Å². The Kier molecular flexibility index (Phi) is 6.96. The molecular weight excluding hydrogens is 348 g/mol. The van der Waals surface area contributed by atoms with Crippen LogP contribution in [-0.4, -0.2) is 11.8 Å². The fourth-order valence-electron chi connectivity index (χ4n) is 2.85. The molecule has 0 unspecified atom stereocenters. The highest BCUT2D eigenvalue weighted by Crippen LogP contribution is 2.06. The Bertz CT molecular complexity index is 891. The van der Waals surface area contributed by atoms with Crippen LogP contribution in [0.5, 0.6) is 0 Å². The summed E-state index contributed by atoms with van der Waals surface area (Å²) in [5.74, 6) is -0.0872. The van der Waals surface area contributed by atoms with Gasteiger partial charge >= 0.3 is 0 Å². The summed E-state index contributed by atoms with van der Waals surface area (Å²) in [5, 5.41) is 5.83. The zero-order chi connectivity index (χ0) is 19.6. The quantitative estimate of drug-likeness (QED) is 0.631. The number of hydrogen-bond donors (Lipinski definition) is 2. The van der Waals surface area contributed by atoms with E-state index in [9.17, 15) is 9.59 Å². The van der Waals surface area contributed by atoms with Gasteiger partial charge < -0.3 is 10.6 Å². The van der Waals surface area contributed by atoms with Gasteiger partial charge in [0, 0.05) is 25.1 Å². The van der Waals surface area contributed by atoms with E-state index in [4.69, 9.17) is 0 Å². The minimum atomic E-state index is -0.109. The summed E-state index contributed by atoms with van der Waals surface area (Å²) in [6, 6.07) is 27.1. The molecule has 0 aliphatic carbocycles. The standard InChI is InChI=1S/C24H24N2O2/c27-23(16-13-19-7-3-1-4-8-19)25-17-21-11-14-22(15-12-21)24(28)26-18-20-9-5-2-6-10-20/h1-12,14-15H,13,16-18H2,(H,25,27)(H,26,28). The molecular formula is C24H24N2O2. The minimum Gasteiger partial charge on any atom is -0.352 e. The van der Waals surface area contributed by atoms with Crippen LogP contribution in [0.4, 0.5) is 0 Å². The lowest BCUT2D eigenvalue weighted by molar-refractivity contribution is -0.121. The van der Waals surface area contributed by atoms with Crippen molar-refractivity contribution in [3.8, 4) is 0 Å². The van der Waals surface area contributed by atoms with Crippen LogP contribution < -0.4 is 10.6 Å². The summed E-state index contributed by atoms with van der Waals surface area (Å²) >= 11 is 0. The van der Waals surface area contributed by atoms with Crippen molar-refractivity contribution in [3.05, 3.63) is 107 Å². The van der Waals surface area contributed by atoms with Crippen LogP contribution >= 0.6 is 0 Å². The van der Waals surface area contributed by atoms with Crippen LogP contribution in [0.2, 0.25) is 0 Å². The molecule has 0 aromatic heterocycles. The van der Waals surface area contributed by atoms with Crippen LogP contribution in [0.15, 0.2) is 84.9 Å². The molecule has 0 aliphatic rings. The lowest BCUT2D eigenvalue weighted by Gasteiger charge is -2.08. The summed E-state index contributed by atoms with van der Waals surface area (Å²) in [6.45, 7) is 0.957. The molecule has 4 nitrogen and oxygen atoms in total. The fraction of sp³-hybridized carbons (Fsp3) is 0.167. The number of carbonyl (C=O) groups excluding carboxylic acids is 2. The Morgan fingerprint density at radius 1 is 0.607 bits per heavy atom. The Labute approximate surface area is 165 Å². The Morgan fingerprint density at radius 3 is 1.79 bits per heavy atom. The van der Waals surface area contributed by atoms with Gasteiger partial charge in [0.15, 0.2) is 0 Å². The second-order valence-electron chi connectivity index (χ2n) is 6.63. The van der Waals surface area contributed by atoms with E-state index in [0.717, 1.165) is 23.1 Å². The minimum absolute atomic E-state index is 0.0218. The van der Waals surface area contributed by atoms with E-state index in [1.165, 1.54) is 0 Å². The van der Waals surface area contributed by atoms with E-state index in [1.807, 2.05) is 72.8 Å². The van der Waals surface area contributed by atoms with E-state index in [-0.39, 0.29) is 11.8 Å². The highest BCUT2D eigenvalue weighted by molar-refractivity contribution is 5.94. The molecule has 0 radical (unpaired) electrons. The maximum absolute atomic E-state index is 12.2. The van der Waals surface area contributed by atoms with Crippen LogP contribution in [0.3, 0.4) is 0 Å². The monoisotopic (exact) mass is 372 g/mol. The zero-order valence-electron chi connectivity index (χ0n) is 15.7. The van der Waals surface area contributed by atoms with Gasteiger partial charge in [0.2, 0.25) is 5.91 Å². The van der Waals surface area contributed by atoms with Crippen molar-refractivity contribution >= 4 is 11.8 Å². The zero-order valence-corrected chi connectivity index (χ0v) is 15.7. The number of carbonyl (C=O) groups is 2. The summed E-state index contributed by atoms with van der Waals surface area (Å²) < 4.78 is 0. The number of nitrogens with one attached hydrogen (secondary N) is 2. The molecule has 142 valence electrons. The number of benzene rings is 3. The van der Waals surface area contributed by atoms with Gasteiger partial charge in [-0.05, 0) is 35.2 Å². The topological polar surface area (TPSA) is 58.2 Å². The van der Waals surface area contributed by atoms with Crippen molar-refractivity contribution in [2.75, 3.05) is 0 Å². The highest BCUT2D eigenvalue weighted by Gasteiger charge is 2.06. The summed E-state index contributed by atoms with van der Waals surface area (Å²) in [4.78, 5) is 24.2. The first-order valence-corrected chi connectivity index (χ1v) is 9.42. The molecule has 4 heteroatoms. The van der Waals surface area contributed by atoms with Crippen LogP contribution in [0.25, 0.3) is 0 Å². The normalized spacial score (nSPS) is 10.3. The molecule has 0 heterocycles. The Morgan fingerprint density at radius 2 is 1.14 bits per heavy atom. The first-order valence-electron chi connectivity index (χ1n) is 9.42. The van der Waals surface area contributed by atoms with Gasteiger partial charge in [-0.3, -0.25) is 9.59 Å². The molecule has 0 bridgehead atoms. The third kappa shape index (κ3) is 6.09. The maximum Gasteiger partial charge on any atom is 0.251 e. The molecule has 0 saturated carbocycles. The maximum atomic E-state index is 12.2. The van der Waals surface area contributed by atoms with E-state index in [1.54, 1.807) is 12.1 Å². The molecule has 0 fully saturated rings. The molecule has 0 aliphatic heterocycles. The molecule has 2 N–H and O–H groups in total. The van der Waals surface area contributed by atoms with Gasteiger partial charge in [-0.2, -0.15) is 0 Å². The molecule has 3 aromatic carbocycles. The largest absolute Gasteiger partial charge is 0.352 e. The third-order valence-electron chi connectivity index (χ3n) is 4.49. The van der Waals surface area contributed by atoms with Crippen LogP contribution in [-0.2, 0) is 24.3 Å². The van der Waals surface area contributed by atoms with Gasteiger partial charge in [0.1, 0.15) is 0 Å². The average Bonchev–Trinajstić information content (AvgIpc) is 2.76. The second kappa shape index (κ2) is 10.1. The Hall–Kier alpha value is -3.40. The van der Waals surface area contributed by atoms with Gasteiger partial charge in [0.25, 0.3) is 5.91 Å². The van der Waals surface area contributed by atoms with Crippen molar-refractivity contribution < 1.29 is 9.59 Å². The lowest BCUT2D eigenvalue weighted by Crippen LogP contribution is -2.24. The van der Waals surface area contributed by atoms with Gasteiger partial charge in [-0.15, -0.1) is 0 Å². The molecule has 2 amide bonds. The summed E-state index contributed by atoms with van der Waals surface area (Å²) in [5.41, 5.74) is 3.79. The predicted molar refractivity (Wildman–Crippen MR) is 111 cm³/mol. The molecule has 28 heavy (non-hydrogen) atoms. The average molecular weight is 372 g/mol. The molecule has 0 atom stereocenters. The summed E-state index contributed by atoms with van der Waals surface area (Å²) in [6.07, 6.45) is 1.19. The number of rotatable bonds is 8. The van der Waals surface area contributed by atoms with Crippen LogP contribution in [0, 0.1) is 0 Å². The van der Waals surface area contributed by atoms with Crippen LogP contribution in [0.1, 0.15) is 33.5 Å². The van der Waals surface area contributed by atoms with E-state index in [0.29, 0.717) is 25.1 Å². The van der Waals surface area contributed by atoms with Crippen molar-refractivity contribution in [3.63, 3.8) is 0 Å². The lowest BCUT2D eigenvalue weighted by atomic mass is 10.1. The molecule has 3 aromatic rings. The van der Waals surface area contributed by atoms with E-state index < -0.39 is 0 Å². The van der Waals surface area contributed by atoms with Crippen molar-refractivity contribution in [1.82, 2.24) is 10.6 Å². The first-order chi connectivity index (χ1) is 13.7. The number of amides is 2. The second-order valence-corrected chi connectivity index (χ2v) is 6.63. The molecule has 0 saturated heterocycles. The van der Waals surface area contributed by atoms with Gasteiger partial charge in [0.05, 0.1) is 0 Å². The van der Waals surface area contributed by atoms with E-state index in [2.05, 4.69) is 10.6 Å². The number of hydrogen-bond acceptors (Lipinski definition) is 2. The summed E-state index contributed by atoms with van der Waals surface area (Å²) in [7, 11) is 0. The number of aryl methyl sites for hydroxylation is 1. The predicted octanol–water partition coefficient (Wildman–Crippen LogP) is 3.87. The Balaban J connectivity index is 1.42. The molecule has 0 spiro atoms. The van der Waals surface area contributed by atoms with Crippen molar-refractivity contribution in [2.45, 2.75) is 25.9 Å². The first kappa shape index (κ1) is 19.4. The molecule has 3 rings (SSSR count). The highest BCUT2D eigenvalue weighted by atomic mass is 16.2. The smallest absolute Gasteiger partial charge is 0.251 e.